The van der Waals surface area contributed by atoms with Gasteiger partial charge in [0.2, 0.25) is 0 Å². The van der Waals surface area contributed by atoms with Crippen LogP contribution in [0.3, 0.4) is 0 Å². The first kappa shape index (κ1) is 17.1. The lowest BCUT2D eigenvalue weighted by Crippen LogP contribution is -2.22. The van der Waals surface area contributed by atoms with E-state index in [4.69, 9.17) is 0 Å². The molecule has 4 rings (SSSR count). The summed E-state index contributed by atoms with van der Waals surface area (Å²) in [4.78, 5) is 13.4. The number of anilines is 1. The van der Waals surface area contributed by atoms with Gasteiger partial charge < -0.3 is 10.4 Å². The highest BCUT2D eigenvalue weighted by Crippen LogP contribution is 2.24. The van der Waals surface area contributed by atoms with Gasteiger partial charge in [0.15, 0.2) is 5.82 Å². The molecule has 1 atom stereocenters. The van der Waals surface area contributed by atoms with Crippen LogP contribution in [0.4, 0.5) is 5.82 Å². The second kappa shape index (κ2) is 7.93. The summed E-state index contributed by atoms with van der Waals surface area (Å²) in [5, 5.41) is 14.6. The van der Waals surface area contributed by atoms with Crippen LogP contribution in [-0.4, -0.2) is 32.7 Å². The van der Waals surface area contributed by atoms with Crippen molar-refractivity contribution in [1.29, 1.82) is 0 Å². The first-order valence-corrected chi connectivity index (χ1v) is 8.92. The SMILES string of the molecule is OC(CNc1nc(-c2ccncc2)nc2ccccc12)Cc1ccccc1. The third kappa shape index (κ3) is 4.10. The van der Waals surface area contributed by atoms with Crippen molar-refractivity contribution in [3.63, 3.8) is 0 Å². The molecule has 0 aliphatic heterocycles. The van der Waals surface area contributed by atoms with Gasteiger partial charge in [0.1, 0.15) is 5.82 Å². The van der Waals surface area contributed by atoms with Crippen LogP contribution >= 0.6 is 0 Å². The first-order valence-electron chi connectivity index (χ1n) is 8.92. The fourth-order valence-electron chi connectivity index (χ4n) is 3.01. The Bertz CT molecular complexity index is 1020. The predicted octanol–water partition coefficient (Wildman–Crippen LogP) is 3.71. The van der Waals surface area contributed by atoms with Crippen LogP contribution in [0.2, 0.25) is 0 Å². The molecule has 0 bridgehead atoms. The first-order chi connectivity index (χ1) is 13.3. The summed E-state index contributed by atoms with van der Waals surface area (Å²) in [6.45, 7) is 0.408. The number of rotatable bonds is 6. The van der Waals surface area contributed by atoms with Gasteiger partial charge in [-0.3, -0.25) is 4.98 Å². The highest BCUT2D eigenvalue weighted by atomic mass is 16.3. The topological polar surface area (TPSA) is 70.9 Å². The minimum absolute atomic E-state index is 0.408. The summed E-state index contributed by atoms with van der Waals surface area (Å²) in [6, 6.07) is 21.6. The van der Waals surface area contributed by atoms with Gasteiger partial charge in [-0.2, -0.15) is 0 Å². The number of aliphatic hydroxyl groups is 1. The van der Waals surface area contributed by atoms with E-state index in [1.807, 2.05) is 66.7 Å². The lowest BCUT2D eigenvalue weighted by molar-refractivity contribution is 0.188. The molecule has 2 heterocycles. The zero-order valence-electron chi connectivity index (χ0n) is 14.8. The van der Waals surface area contributed by atoms with Crippen molar-refractivity contribution in [3.05, 3.63) is 84.7 Å². The number of nitrogens with zero attached hydrogens (tertiary/aromatic N) is 3. The van der Waals surface area contributed by atoms with E-state index >= 15 is 0 Å². The molecule has 5 nitrogen and oxygen atoms in total. The van der Waals surface area contributed by atoms with Crippen molar-refractivity contribution in [2.75, 3.05) is 11.9 Å². The number of hydrogen-bond acceptors (Lipinski definition) is 5. The van der Waals surface area contributed by atoms with E-state index in [-0.39, 0.29) is 0 Å². The van der Waals surface area contributed by atoms with Gasteiger partial charge in [-0.1, -0.05) is 42.5 Å². The molecule has 0 saturated carbocycles. The predicted molar refractivity (Wildman–Crippen MR) is 107 cm³/mol. The zero-order valence-corrected chi connectivity index (χ0v) is 14.8. The quantitative estimate of drug-likeness (QED) is 0.551. The fraction of sp³-hybridized carbons (Fsp3) is 0.136. The number of fused-ring (bicyclic) bond motifs is 1. The van der Waals surface area contributed by atoms with Gasteiger partial charge in [-0.05, 0) is 29.8 Å². The van der Waals surface area contributed by atoms with Gasteiger partial charge in [-0.25, -0.2) is 9.97 Å². The van der Waals surface area contributed by atoms with Crippen molar-refractivity contribution in [1.82, 2.24) is 15.0 Å². The number of aromatic nitrogens is 3. The summed E-state index contributed by atoms with van der Waals surface area (Å²) >= 11 is 0. The molecule has 1 unspecified atom stereocenters. The number of hydrogen-bond donors (Lipinski definition) is 2. The van der Waals surface area contributed by atoms with E-state index in [1.165, 1.54) is 0 Å². The van der Waals surface area contributed by atoms with Gasteiger partial charge in [-0.15, -0.1) is 0 Å². The highest BCUT2D eigenvalue weighted by Gasteiger charge is 2.11. The average Bonchev–Trinajstić information content (AvgIpc) is 2.73. The van der Waals surface area contributed by atoms with Crippen LogP contribution in [0.25, 0.3) is 22.3 Å². The molecule has 0 aliphatic carbocycles. The van der Waals surface area contributed by atoms with Crippen LogP contribution in [0.15, 0.2) is 79.1 Å². The molecular formula is C22H20N4O. The van der Waals surface area contributed by atoms with Crippen molar-refractivity contribution >= 4 is 16.7 Å². The smallest absolute Gasteiger partial charge is 0.162 e. The Kier molecular flexibility index (Phi) is 5.03. The minimum atomic E-state index is -0.509. The molecule has 0 amide bonds. The largest absolute Gasteiger partial charge is 0.391 e. The number of pyridine rings is 1. The molecule has 2 N–H and O–H groups in total. The molecule has 0 fully saturated rings. The summed E-state index contributed by atoms with van der Waals surface area (Å²) in [5.41, 5.74) is 2.87. The summed E-state index contributed by atoms with van der Waals surface area (Å²) in [7, 11) is 0. The van der Waals surface area contributed by atoms with E-state index in [1.54, 1.807) is 12.4 Å². The Morgan fingerprint density at radius 2 is 1.59 bits per heavy atom. The summed E-state index contributed by atoms with van der Waals surface area (Å²) in [5.74, 6) is 1.36. The highest BCUT2D eigenvalue weighted by molar-refractivity contribution is 5.90. The van der Waals surface area contributed by atoms with Gasteiger partial charge in [0.05, 0.1) is 11.6 Å². The third-order valence-electron chi connectivity index (χ3n) is 4.36. The van der Waals surface area contributed by atoms with Crippen molar-refractivity contribution < 1.29 is 5.11 Å². The molecule has 0 saturated heterocycles. The molecule has 5 heteroatoms. The molecule has 4 aromatic rings. The normalized spacial score (nSPS) is 12.0. The third-order valence-corrected chi connectivity index (χ3v) is 4.36. The minimum Gasteiger partial charge on any atom is -0.391 e. The maximum absolute atomic E-state index is 10.4. The second-order valence-electron chi connectivity index (χ2n) is 6.37. The Morgan fingerprint density at radius 1 is 0.852 bits per heavy atom. The Morgan fingerprint density at radius 3 is 2.41 bits per heavy atom. The number of aliphatic hydroxyl groups excluding tert-OH is 1. The van der Waals surface area contributed by atoms with Crippen molar-refractivity contribution in [2.45, 2.75) is 12.5 Å². The van der Waals surface area contributed by atoms with E-state index in [0.29, 0.717) is 18.8 Å². The molecule has 27 heavy (non-hydrogen) atoms. The molecule has 0 radical (unpaired) electrons. The molecule has 134 valence electrons. The molecule has 2 aromatic carbocycles. The monoisotopic (exact) mass is 356 g/mol. The Balaban J connectivity index is 1.58. The lowest BCUT2D eigenvalue weighted by atomic mass is 10.1. The van der Waals surface area contributed by atoms with E-state index < -0.39 is 6.10 Å². The van der Waals surface area contributed by atoms with Gasteiger partial charge in [0.25, 0.3) is 0 Å². The second-order valence-corrected chi connectivity index (χ2v) is 6.37. The maximum Gasteiger partial charge on any atom is 0.162 e. The Labute approximate surface area is 157 Å². The van der Waals surface area contributed by atoms with Gasteiger partial charge in [0, 0.05) is 36.3 Å². The average molecular weight is 356 g/mol. The molecule has 0 aliphatic rings. The van der Waals surface area contributed by atoms with Crippen LogP contribution in [0.1, 0.15) is 5.56 Å². The zero-order chi connectivity index (χ0) is 18.5. The van der Waals surface area contributed by atoms with Gasteiger partial charge >= 0.3 is 0 Å². The van der Waals surface area contributed by atoms with E-state index in [2.05, 4.69) is 20.3 Å². The van der Waals surface area contributed by atoms with Crippen LogP contribution in [-0.2, 0) is 6.42 Å². The van der Waals surface area contributed by atoms with E-state index in [0.717, 1.165) is 27.8 Å². The van der Waals surface area contributed by atoms with Crippen LogP contribution < -0.4 is 5.32 Å². The number of para-hydroxylation sites is 1. The summed E-state index contributed by atoms with van der Waals surface area (Å²) < 4.78 is 0. The maximum atomic E-state index is 10.4. The summed E-state index contributed by atoms with van der Waals surface area (Å²) in [6.07, 6.45) is 3.54. The van der Waals surface area contributed by atoms with Crippen molar-refractivity contribution in [3.8, 4) is 11.4 Å². The fourth-order valence-corrected chi connectivity index (χ4v) is 3.01. The standard InChI is InChI=1S/C22H20N4O/c27-18(14-16-6-2-1-3-7-16)15-24-22-19-8-4-5-9-20(19)25-21(26-22)17-10-12-23-13-11-17/h1-13,18,27H,14-15H2,(H,24,25,26). The number of benzene rings is 2. The Hall–Kier alpha value is -3.31. The molecule has 2 aromatic heterocycles. The number of nitrogens with one attached hydrogen (secondary N) is 1. The molecule has 0 spiro atoms. The molecular weight excluding hydrogens is 336 g/mol. The van der Waals surface area contributed by atoms with Crippen LogP contribution in [0.5, 0.6) is 0 Å². The van der Waals surface area contributed by atoms with Crippen LogP contribution in [0, 0.1) is 0 Å². The van der Waals surface area contributed by atoms with Crippen molar-refractivity contribution in [2.24, 2.45) is 0 Å². The van der Waals surface area contributed by atoms with E-state index in [9.17, 15) is 5.11 Å². The lowest BCUT2D eigenvalue weighted by Gasteiger charge is -2.14.